The van der Waals surface area contributed by atoms with E-state index in [0.29, 0.717) is 12.1 Å². The van der Waals surface area contributed by atoms with Crippen LogP contribution in [0.2, 0.25) is 0 Å². The van der Waals surface area contributed by atoms with Crippen LogP contribution in [0.25, 0.3) is 0 Å². The number of morpholine rings is 1. The number of rotatable bonds is 6. The van der Waals surface area contributed by atoms with Crippen LogP contribution in [0.3, 0.4) is 0 Å². The molecule has 1 aromatic heterocycles. The summed E-state index contributed by atoms with van der Waals surface area (Å²) >= 11 is 0. The second kappa shape index (κ2) is 7.28. The van der Waals surface area contributed by atoms with Gasteiger partial charge in [0.2, 0.25) is 0 Å². The molecular formula is C13H20N2O4. The molecule has 0 radical (unpaired) electrons. The second-order valence-electron chi connectivity index (χ2n) is 4.42. The van der Waals surface area contributed by atoms with Crippen molar-refractivity contribution < 1.29 is 18.7 Å². The highest BCUT2D eigenvalue weighted by Gasteiger charge is 2.11. The summed E-state index contributed by atoms with van der Waals surface area (Å²) in [5.74, 6) is 0.366. The quantitative estimate of drug-likeness (QED) is 0.598. The maximum absolute atomic E-state index is 11.2. The van der Waals surface area contributed by atoms with Crippen LogP contribution in [0.1, 0.15) is 16.1 Å². The van der Waals surface area contributed by atoms with E-state index in [2.05, 4.69) is 15.0 Å². The van der Waals surface area contributed by atoms with Crippen molar-refractivity contribution in [3.8, 4) is 0 Å². The molecule has 1 saturated heterocycles. The molecule has 1 N–H and O–H groups in total. The van der Waals surface area contributed by atoms with Gasteiger partial charge in [-0.25, -0.2) is 4.79 Å². The van der Waals surface area contributed by atoms with Crippen LogP contribution in [0.5, 0.6) is 0 Å². The number of hydrogen-bond acceptors (Lipinski definition) is 6. The van der Waals surface area contributed by atoms with E-state index in [9.17, 15) is 4.79 Å². The molecule has 19 heavy (non-hydrogen) atoms. The SMILES string of the molecule is COC(=O)c1coc(CNCCN2CCOCC2)c1. The maximum atomic E-state index is 11.2. The number of hydrogen-bond donors (Lipinski definition) is 1. The number of esters is 1. The third kappa shape index (κ3) is 4.34. The van der Waals surface area contributed by atoms with Crippen LogP contribution in [-0.2, 0) is 16.0 Å². The number of nitrogens with zero attached hydrogens (tertiary/aromatic N) is 1. The molecule has 0 saturated carbocycles. The number of furan rings is 1. The zero-order valence-electron chi connectivity index (χ0n) is 11.2. The van der Waals surface area contributed by atoms with E-state index in [-0.39, 0.29) is 5.97 Å². The fourth-order valence-electron chi connectivity index (χ4n) is 1.97. The molecule has 0 unspecified atom stereocenters. The van der Waals surface area contributed by atoms with Gasteiger partial charge in [-0.15, -0.1) is 0 Å². The van der Waals surface area contributed by atoms with Crippen molar-refractivity contribution in [2.75, 3.05) is 46.5 Å². The highest BCUT2D eigenvalue weighted by atomic mass is 16.5. The molecular weight excluding hydrogens is 248 g/mol. The molecule has 0 aromatic carbocycles. The van der Waals surface area contributed by atoms with Gasteiger partial charge in [0.25, 0.3) is 0 Å². The van der Waals surface area contributed by atoms with Gasteiger partial charge >= 0.3 is 5.97 Å². The smallest absolute Gasteiger partial charge is 0.341 e. The molecule has 1 fully saturated rings. The number of methoxy groups -OCH3 is 1. The summed E-state index contributed by atoms with van der Waals surface area (Å²) in [5.41, 5.74) is 0.451. The Morgan fingerprint density at radius 1 is 1.47 bits per heavy atom. The van der Waals surface area contributed by atoms with E-state index in [1.54, 1.807) is 6.07 Å². The predicted octanol–water partition coefficient (Wildman–Crippen LogP) is 0.488. The van der Waals surface area contributed by atoms with Crippen LogP contribution < -0.4 is 5.32 Å². The van der Waals surface area contributed by atoms with Crippen LogP contribution >= 0.6 is 0 Å². The largest absolute Gasteiger partial charge is 0.467 e. The van der Waals surface area contributed by atoms with Gasteiger partial charge in [0.15, 0.2) is 0 Å². The van der Waals surface area contributed by atoms with Gasteiger partial charge in [-0.05, 0) is 6.07 Å². The molecule has 2 rings (SSSR count). The molecule has 106 valence electrons. The van der Waals surface area contributed by atoms with Gasteiger partial charge < -0.3 is 19.2 Å². The summed E-state index contributed by atoms with van der Waals surface area (Å²) in [6, 6.07) is 1.70. The van der Waals surface area contributed by atoms with Gasteiger partial charge in [0.1, 0.15) is 12.0 Å². The van der Waals surface area contributed by atoms with Crippen LogP contribution in [0.4, 0.5) is 0 Å². The van der Waals surface area contributed by atoms with E-state index in [0.717, 1.165) is 45.2 Å². The van der Waals surface area contributed by atoms with E-state index in [1.165, 1.54) is 13.4 Å². The van der Waals surface area contributed by atoms with E-state index in [4.69, 9.17) is 9.15 Å². The zero-order valence-corrected chi connectivity index (χ0v) is 11.2. The molecule has 0 amide bonds. The topological polar surface area (TPSA) is 63.9 Å². The van der Waals surface area contributed by atoms with Crippen molar-refractivity contribution in [1.29, 1.82) is 0 Å². The van der Waals surface area contributed by atoms with Gasteiger partial charge in [0, 0.05) is 26.2 Å². The minimum Gasteiger partial charge on any atom is -0.467 e. The Kier molecular flexibility index (Phi) is 5.38. The van der Waals surface area contributed by atoms with Crippen molar-refractivity contribution in [3.05, 3.63) is 23.7 Å². The Morgan fingerprint density at radius 2 is 2.26 bits per heavy atom. The molecule has 6 heteroatoms. The standard InChI is InChI=1S/C13H20N2O4/c1-17-13(16)11-8-12(19-10-11)9-14-2-3-15-4-6-18-7-5-15/h8,10,14H,2-7,9H2,1H3. The summed E-state index contributed by atoms with van der Waals surface area (Å²) < 4.78 is 15.2. The lowest BCUT2D eigenvalue weighted by molar-refractivity contribution is 0.0383. The third-order valence-electron chi connectivity index (χ3n) is 3.08. The van der Waals surface area contributed by atoms with E-state index < -0.39 is 0 Å². The van der Waals surface area contributed by atoms with E-state index in [1.807, 2.05) is 0 Å². The van der Waals surface area contributed by atoms with Crippen molar-refractivity contribution >= 4 is 5.97 Å². The molecule has 0 aliphatic carbocycles. The van der Waals surface area contributed by atoms with Crippen molar-refractivity contribution in [3.63, 3.8) is 0 Å². The van der Waals surface area contributed by atoms with Crippen molar-refractivity contribution in [2.45, 2.75) is 6.54 Å². The monoisotopic (exact) mass is 268 g/mol. The molecule has 0 spiro atoms. The average molecular weight is 268 g/mol. The first kappa shape index (κ1) is 14.0. The Hall–Kier alpha value is -1.37. The molecule has 6 nitrogen and oxygen atoms in total. The highest BCUT2D eigenvalue weighted by molar-refractivity contribution is 5.88. The molecule has 1 aromatic rings. The summed E-state index contributed by atoms with van der Waals surface area (Å²) in [4.78, 5) is 13.6. The highest BCUT2D eigenvalue weighted by Crippen LogP contribution is 2.08. The van der Waals surface area contributed by atoms with Gasteiger partial charge in [-0.2, -0.15) is 0 Å². The Balaban J connectivity index is 1.65. The van der Waals surface area contributed by atoms with Crippen molar-refractivity contribution in [2.24, 2.45) is 0 Å². The first-order chi connectivity index (χ1) is 9.29. The number of ether oxygens (including phenoxy) is 2. The first-order valence-corrected chi connectivity index (χ1v) is 6.46. The fraction of sp³-hybridized carbons (Fsp3) is 0.615. The summed E-state index contributed by atoms with van der Waals surface area (Å²) in [7, 11) is 1.36. The second-order valence-corrected chi connectivity index (χ2v) is 4.42. The third-order valence-corrected chi connectivity index (χ3v) is 3.08. The summed E-state index contributed by atoms with van der Waals surface area (Å²) in [6.07, 6.45) is 1.42. The average Bonchev–Trinajstić information content (AvgIpc) is 2.93. The lowest BCUT2D eigenvalue weighted by atomic mass is 10.3. The lowest BCUT2D eigenvalue weighted by Crippen LogP contribution is -2.40. The number of nitrogens with one attached hydrogen (secondary N) is 1. The van der Waals surface area contributed by atoms with Gasteiger partial charge in [-0.1, -0.05) is 0 Å². The fourth-order valence-corrected chi connectivity index (χ4v) is 1.97. The molecule has 1 aliphatic heterocycles. The lowest BCUT2D eigenvalue weighted by Gasteiger charge is -2.26. The number of carbonyl (C=O) groups excluding carboxylic acids is 1. The normalized spacial score (nSPS) is 16.5. The molecule has 1 aliphatic rings. The Labute approximate surface area is 112 Å². The van der Waals surface area contributed by atoms with Crippen LogP contribution in [-0.4, -0.2) is 57.4 Å². The zero-order chi connectivity index (χ0) is 13.5. The minimum atomic E-state index is -0.372. The van der Waals surface area contributed by atoms with E-state index >= 15 is 0 Å². The van der Waals surface area contributed by atoms with Gasteiger partial charge in [-0.3, -0.25) is 4.90 Å². The minimum absolute atomic E-state index is 0.372. The van der Waals surface area contributed by atoms with Crippen LogP contribution in [0, 0.1) is 0 Å². The first-order valence-electron chi connectivity index (χ1n) is 6.46. The molecule has 0 atom stereocenters. The molecule has 0 bridgehead atoms. The Bertz CT molecular complexity index is 399. The number of carbonyl (C=O) groups is 1. The van der Waals surface area contributed by atoms with Crippen LogP contribution in [0.15, 0.2) is 16.7 Å². The maximum Gasteiger partial charge on any atom is 0.341 e. The van der Waals surface area contributed by atoms with Gasteiger partial charge in [0.05, 0.1) is 32.4 Å². The Morgan fingerprint density at radius 3 is 3.00 bits per heavy atom. The van der Waals surface area contributed by atoms with Crippen molar-refractivity contribution in [1.82, 2.24) is 10.2 Å². The molecule has 2 heterocycles. The summed E-state index contributed by atoms with van der Waals surface area (Å²) in [5, 5.41) is 3.29. The predicted molar refractivity (Wildman–Crippen MR) is 69.0 cm³/mol. The summed E-state index contributed by atoms with van der Waals surface area (Å²) in [6.45, 7) is 6.12.